The summed E-state index contributed by atoms with van der Waals surface area (Å²) in [6.07, 6.45) is 4.32. The summed E-state index contributed by atoms with van der Waals surface area (Å²) >= 11 is 0. The van der Waals surface area contributed by atoms with Crippen LogP contribution in [-0.4, -0.2) is 23.8 Å². The van der Waals surface area contributed by atoms with E-state index < -0.39 is 0 Å². The van der Waals surface area contributed by atoms with Gasteiger partial charge in [-0.1, -0.05) is 13.0 Å². The van der Waals surface area contributed by atoms with Crippen molar-refractivity contribution in [2.75, 3.05) is 7.11 Å². The minimum absolute atomic E-state index is 0.226. The fourth-order valence-electron chi connectivity index (χ4n) is 2.33. The Morgan fingerprint density at radius 3 is 2.79 bits per heavy atom. The van der Waals surface area contributed by atoms with Gasteiger partial charge in [0.05, 0.1) is 6.10 Å². The van der Waals surface area contributed by atoms with Crippen molar-refractivity contribution in [3.05, 3.63) is 36.0 Å². The average Bonchev–Trinajstić information content (AvgIpc) is 2.81. The Kier molecular flexibility index (Phi) is 4.61. The van der Waals surface area contributed by atoms with Gasteiger partial charge in [0, 0.05) is 31.4 Å². The third kappa shape index (κ3) is 3.37. The molecule has 0 aliphatic rings. The van der Waals surface area contributed by atoms with Gasteiger partial charge in [-0.2, -0.15) is 0 Å². The van der Waals surface area contributed by atoms with Crippen molar-refractivity contribution >= 4 is 10.9 Å². The number of ether oxygens (including phenoxy) is 1. The van der Waals surface area contributed by atoms with E-state index in [9.17, 15) is 0 Å². The van der Waals surface area contributed by atoms with Crippen molar-refractivity contribution in [1.82, 2.24) is 4.57 Å². The molecule has 2 atom stereocenters. The minimum atomic E-state index is 0.226. The molecule has 0 bridgehead atoms. The molecular weight excluding hydrogens is 236 g/mol. The molecule has 0 aliphatic carbocycles. The topological polar surface area (TPSA) is 40.2 Å². The Morgan fingerprint density at radius 1 is 1.32 bits per heavy atom. The lowest BCUT2D eigenvalue weighted by Gasteiger charge is -2.12. The fraction of sp³-hybridized carbons (Fsp3) is 0.500. The molecule has 19 heavy (non-hydrogen) atoms. The lowest BCUT2D eigenvalue weighted by molar-refractivity contribution is 0.104. The van der Waals surface area contributed by atoms with Gasteiger partial charge in [-0.15, -0.1) is 0 Å². The Bertz CT molecular complexity index is 533. The number of nitrogens with zero attached hydrogens (tertiary/aromatic N) is 1. The Morgan fingerprint density at radius 2 is 2.11 bits per heavy atom. The Hall–Kier alpha value is -1.32. The predicted molar refractivity (Wildman–Crippen MR) is 80.4 cm³/mol. The summed E-state index contributed by atoms with van der Waals surface area (Å²) in [4.78, 5) is 0. The first-order chi connectivity index (χ1) is 9.13. The maximum absolute atomic E-state index is 6.02. The number of rotatable bonds is 6. The van der Waals surface area contributed by atoms with Crippen LogP contribution in [0.5, 0.6) is 0 Å². The first-order valence-corrected chi connectivity index (χ1v) is 7.00. The average molecular weight is 260 g/mol. The smallest absolute Gasteiger partial charge is 0.0722 e. The van der Waals surface area contributed by atoms with Gasteiger partial charge in [-0.3, -0.25) is 0 Å². The van der Waals surface area contributed by atoms with Crippen LogP contribution >= 0.6 is 0 Å². The highest BCUT2D eigenvalue weighted by Gasteiger charge is 2.07. The molecule has 104 valence electrons. The van der Waals surface area contributed by atoms with E-state index in [1.165, 1.54) is 16.5 Å². The van der Waals surface area contributed by atoms with Gasteiger partial charge >= 0.3 is 0 Å². The van der Waals surface area contributed by atoms with Gasteiger partial charge in [-0.25, -0.2) is 0 Å². The van der Waals surface area contributed by atoms with Crippen LogP contribution in [0.1, 0.15) is 25.8 Å². The van der Waals surface area contributed by atoms with Crippen LogP contribution in [0.25, 0.3) is 10.9 Å². The van der Waals surface area contributed by atoms with Gasteiger partial charge in [0.25, 0.3) is 0 Å². The van der Waals surface area contributed by atoms with Crippen molar-refractivity contribution in [3.63, 3.8) is 0 Å². The third-order valence-electron chi connectivity index (χ3n) is 3.71. The summed E-state index contributed by atoms with van der Waals surface area (Å²) in [5.41, 5.74) is 8.60. The lowest BCUT2D eigenvalue weighted by atomic mass is 10.0. The van der Waals surface area contributed by atoms with E-state index in [1.807, 2.05) is 0 Å². The second-order valence-corrected chi connectivity index (χ2v) is 5.28. The van der Waals surface area contributed by atoms with E-state index in [0.29, 0.717) is 0 Å². The molecule has 2 unspecified atom stereocenters. The van der Waals surface area contributed by atoms with Crippen LogP contribution in [-0.2, 0) is 17.7 Å². The van der Waals surface area contributed by atoms with E-state index in [1.54, 1.807) is 7.11 Å². The molecule has 2 N–H and O–H groups in total. The molecule has 2 aromatic rings. The number of hydrogen-bond acceptors (Lipinski definition) is 2. The molecular formula is C16H24N2O. The summed E-state index contributed by atoms with van der Waals surface area (Å²) in [7, 11) is 1.75. The number of nitrogens with two attached hydrogens (primary N) is 1. The van der Waals surface area contributed by atoms with E-state index in [2.05, 4.69) is 48.9 Å². The van der Waals surface area contributed by atoms with Crippen molar-refractivity contribution in [2.45, 2.75) is 45.4 Å². The van der Waals surface area contributed by atoms with Gasteiger partial charge < -0.3 is 15.0 Å². The van der Waals surface area contributed by atoms with Crippen LogP contribution in [0.15, 0.2) is 30.5 Å². The Labute approximate surface area is 115 Å². The van der Waals surface area contributed by atoms with Crippen molar-refractivity contribution in [3.8, 4) is 0 Å². The highest BCUT2D eigenvalue weighted by molar-refractivity contribution is 5.80. The molecule has 1 aromatic heterocycles. The minimum Gasteiger partial charge on any atom is -0.380 e. The van der Waals surface area contributed by atoms with E-state index >= 15 is 0 Å². The zero-order chi connectivity index (χ0) is 13.8. The molecule has 3 nitrogen and oxygen atoms in total. The van der Waals surface area contributed by atoms with E-state index in [4.69, 9.17) is 10.5 Å². The fourth-order valence-corrected chi connectivity index (χ4v) is 2.33. The maximum atomic E-state index is 6.02. The van der Waals surface area contributed by atoms with Crippen LogP contribution in [0, 0.1) is 0 Å². The molecule has 1 aromatic carbocycles. The summed E-state index contributed by atoms with van der Waals surface area (Å²) < 4.78 is 7.57. The monoisotopic (exact) mass is 260 g/mol. The van der Waals surface area contributed by atoms with Crippen molar-refractivity contribution in [1.29, 1.82) is 0 Å². The predicted octanol–water partition coefficient (Wildman–Crippen LogP) is 2.96. The number of methoxy groups -OCH3 is 1. The van der Waals surface area contributed by atoms with Crippen LogP contribution < -0.4 is 5.73 Å². The largest absolute Gasteiger partial charge is 0.380 e. The molecule has 0 amide bonds. The highest BCUT2D eigenvalue weighted by Crippen LogP contribution is 2.19. The normalized spacial score (nSPS) is 14.7. The van der Waals surface area contributed by atoms with Crippen molar-refractivity contribution in [2.24, 2.45) is 5.73 Å². The third-order valence-corrected chi connectivity index (χ3v) is 3.71. The highest BCUT2D eigenvalue weighted by atomic mass is 16.5. The first-order valence-electron chi connectivity index (χ1n) is 7.00. The zero-order valence-corrected chi connectivity index (χ0v) is 12.1. The molecule has 3 heteroatoms. The lowest BCUT2D eigenvalue weighted by Crippen LogP contribution is -2.21. The number of benzene rings is 1. The number of fused-ring (bicyclic) bond motifs is 1. The van der Waals surface area contributed by atoms with Gasteiger partial charge in [0.2, 0.25) is 0 Å². The van der Waals surface area contributed by atoms with Gasteiger partial charge in [0.15, 0.2) is 0 Å². The molecule has 0 saturated heterocycles. The second-order valence-electron chi connectivity index (χ2n) is 5.28. The Balaban J connectivity index is 2.21. The summed E-state index contributed by atoms with van der Waals surface area (Å²) in [5, 5.41) is 1.28. The molecule has 1 heterocycles. The number of hydrogen-bond donors (Lipinski definition) is 1. The maximum Gasteiger partial charge on any atom is 0.0722 e. The molecule has 2 rings (SSSR count). The van der Waals surface area contributed by atoms with E-state index in [0.717, 1.165) is 19.4 Å². The SMILES string of the molecule is CCC(N)Cc1ccc2c(ccn2CC(C)OC)c1. The van der Waals surface area contributed by atoms with Crippen LogP contribution in [0.2, 0.25) is 0 Å². The number of aromatic nitrogens is 1. The summed E-state index contributed by atoms with van der Waals surface area (Å²) in [6.45, 7) is 5.10. The first kappa shape index (κ1) is 14.1. The second kappa shape index (κ2) is 6.22. The molecule has 0 saturated carbocycles. The van der Waals surface area contributed by atoms with E-state index in [-0.39, 0.29) is 12.1 Å². The molecule has 0 fully saturated rings. The van der Waals surface area contributed by atoms with Crippen molar-refractivity contribution < 1.29 is 4.74 Å². The van der Waals surface area contributed by atoms with Gasteiger partial charge in [0.1, 0.15) is 0 Å². The van der Waals surface area contributed by atoms with Crippen LogP contribution in [0.4, 0.5) is 0 Å². The van der Waals surface area contributed by atoms with Crippen LogP contribution in [0.3, 0.4) is 0 Å². The summed E-state index contributed by atoms with van der Waals surface area (Å²) in [5.74, 6) is 0. The zero-order valence-electron chi connectivity index (χ0n) is 12.1. The quantitative estimate of drug-likeness (QED) is 0.867. The standard InChI is InChI=1S/C16H24N2O/c1-4-15(17)10-13-5-6-16-14(9-13)7-8-18(16)11-12(2)19-3/h5-9,12,15H,4,10-11,17H2,1-3H3. The molecule has 0 spiro atoms. The molecule has 0 radical (unpaired) electrons. The molecule has 0 aliphatic heterocycles. The summed E-state index contributed by atoms with van der Waals surface area (Å²) in [6, 6.07) is 9.05. The van der Waals surface area contributed by atoms with Gasteiger partial charge in [-0.05, 0) is 48.9 Å².